The van der Waals surface area contributed by atoms with Crippen molar-refractivity contribution in [3.8, 4) is 0 Å². The molecule has 4 N–H and O–H groups in total. The molecule has 0 spiro atoms. The second-order valence-corrected chi connectivity index (χ2v) is 3.84. The van der Waals surface area contributed by atoms with E-state index >= 15 is 0 Å². The van der Waals surface area contributed by atoms with E-state index in [2.05, 4.69) is 9.97 Å². The van der Waals surface area contributed by atoms with Crippen molar-refractivity contribution in [1.29, 1.82) is 0 Å². The Bertz CT molecular complexity index is 367. The highest BCUT2D eigenvalue weighted by Crippen LogP contribution is 2.10. The molecule has 5 heteroatoms. The van der Waals surface area contributed by atoms with Gasteiger partial charge >= 0.3 is 0 Å². The van der Waals surface area contributed by atoms with E-state index in [4.69, 9.17) is 11.5 Å². The summed E-state index contributed by atoms with van der Waals surface area (Å²) in [6.45, 7) is 4.18. The Morgan fingerprint density at radius 1 is 1.56 bits per heavy atom. The van der Waals surface area contributed by atoms with Crippen molar-refractivity contribution in [3.63, 3.8) is 0 Å². The molecule has 16 heavy (non-hydrogen) atoms. The highest BCUT2D eigenvalue weighted by atomic mass is 16.1. The van der Waals surface area contributed by atoms with Crippen LogP contribution in [-0.2, 0) is 6.54 Å². The van der Waals surface area contributed by atoms with Gasteiger partial charge in [-0.2, -0.15) is 0 Å². The zero-order valence-corrected chi connectivity index (χ0v) is 9.68. The van der Waals surface area contributed by atoms with Crippen molar-refractivity contribution in [2.45, 2.75) is 32.9 Å². The Morgan fingerprint density at radius 3 is 2.81 bits per heavy atom. The van der Waals surface area contributed by atoms with Crippen LogP contribution in [0.3, 0.4) is 0 Å². The van der Waals surface area contributed by atoms with Gasteiger partial charge < -0.3 is 11.5 Å². The van der Waals surface area contributed by atoms with Gasteiger partial charge in [0, 0.05) is 6.20 Å². The predicted octanol–water partition coefficient (Wildman–Crippen LogP) is 0.491. The van der Waals surface area contributed by atoms with Crippen molar-refractivity contribution in [2.75, 3.05) is 0 Å². The minimum atomic E-state index is -0.509. The van der Waals surface area contributed by atoms with Crippen LogP contribution in [0.15, 0.2) is 12.3 Å². The summed E-state index contributed by atoms with van der Waals surface area (Å²) in [7, 11) is 0. The Kier molecular flexibility index (Phi) is 4.52. The Hall–Kier alpha value is -1.33. The second kappa shape index (κ2) is 5.67. The summed E-state index contributed by atoms with van der Waals surface area (Å²) in [6, 6.07) is 1.06. The van der Waals surface area contributed by atoms with Gasteiger partial charge in [0.15, 0.2) is 5.78 Å². The molecule has 0 saturated carbocycles. The van der Waals surface area contributed by atoms with Gasteiger partial charge in [0.1, 0.15) is 11.5 Å². The van der Waals surface area contributed by atoms with E-state index < -0.39 is 6.04 Å². The predicted molar refractivity (Wildman–Crippen MR) is 61.7 cm³/mol. The van der Waals surface area contributed by atoms with Crippen LogP contribution < -0.4 is 11.5 Å². The molecule has 0 radical (unpaired) electrons. The summed E-state index contributed by atoms with van der Waals surface area (Å²) in [5.41, 5.74) is 11.6. The third-order valence-electron chi connectivity index (χ3n) is 2.70. The number of rotatable bonds is 5. The minimum Gasteiger partial charge on any atom is -0.324 e. The van der Waals surface area contributed by atoms with Gasteiger partial charge in [-0.15, -0.1) is 0 Å². The molecule has 0 fully saturated rings. The molecule has 2 unspecified atom stereocenters. The molecule has 0 amide bonds. The fourth-order valence-corrected chi connectivity index (χ4v) is 1.32. The SMILES string of the molecule is CCC(C)C(N)C(=O)c1ccnc(CN)n1. The van der Waals surface area contributed by atoms with Crippen LogP contribution in [0.25, 0.3) is 0 Å². The molecule has 2 atom stereocenters. The van der Waals surface area contributed by atoms with E-state index in [1.165, 1.54) is 6.20 Å². The average Bonchev–Trinajstić information content (AvgIpc) is 2.36. The van der Waals surface area contributed by atoms with Crippen molar-refractivity contribution >= 4 is 5.78 Å². The highest BCUT2D eigenvalue weighted by Gasteiger charge is 2.22. The lowest BCUT2D eigenvalue weighted by Gasteiger charge is -2.16. The van der Waals surface area contributed by atoms with E-state index in [0.29, 0.717) is 11.5 Å². The van der Waals surface area contributed by atoms with Crippen LogP contribution in [0.1, 0.15) is 36.6 Å². The van der Waals surface area contributed by atoms with Gasteiger partial charge in [-0.25, -0.2) is 9.97 Å². The Balaban J connectivity index is 2.87. The molecule has 0 aromatic carbocycles. The van der Waals surface area contributed by atoms with Crippen LogP contribution in [0.5, 0.6) is 0 Å². The fourth-order valence-electron chi connectivity index (χ4n) is 1.32. The molecule has 0 saturated heterocycles. The summed E-state index contributed by atoms with van der Waals surface area (Å²) in [4.78, 5) is 20.0. The molecule has 1 aromatic rings. The monoisotopic (exact) mass is 222 g/mol. The normalized spacial score (nSPS) is 14.5. The minimum absolute atomic E-state index is 0.142. The quantitative estimate of drug-likeness (QED) is 0.707. The lowest BCUT2D eigenvalue weighted by atomic mass is 9.95. The van der Waals surface area contributed by atoms with Crippen LogP contribution in [0, 0.1) is 5.92 Å². The molecular weight excluding hydrogens is 204 g/mol. The van der Waals surface area contributed by atoms with E-state index in [0.717, 1.165) is 6.42 Å². The van der Waals surface area contributed by atoms with Gasteiger partial charge in [-0.1, -0.05) is 20.3 Å². The summed E-state index contributed by atoms with van der Waals surface area (Å²) >= 11 is 0. The first kappa shape index (κ1) is 12.7. The average molecular weight is 222 g/mol. The summed E-state index contributed by atoms with van der Waals surface area (Å²) in [5, 5.41) is 0. The number of nitrogens with two attached hydrogens (primary N) is 2. The lowest BCUT2D eigenvalue weighted by Crippen LogP contribution is -2.37. The van der Waals surface area contributed by atoms with E-state index in [9.17, 15) is 4.79 Å². The van der Waals surface area contributed by atoms with Gasteiger partial charge in [-0.3, -0.25) is 4.79 Å². The molecule has 0 aliphatic carbocycles. The van der Waals surface area contributed by atoms with E-state index in [-0.39, 0.29) is 18.2 Å². The third kappa shape index (κ3) is 2.84. The van der Waals surface area contributed by atoms with Crippen LogP contribution >= 0.6 is 0 Å². The number of nitrogens with zero attached hydrogens (tertiary/aromatic N) is 2. The van der Waals surface area contributed by atoms with Gasteiger partial charge in [0.25, 0.3) is 0 Å². The summed E-state index contributed by atoms with van der Waals surface area (Å²) < 4.78 is 0. The standard InChI is InChI=1S/C11H18N4O/c1-3-7(2)10(13)11(16)8-4-5-14-9(6-12)15-8/h4-5,7,10H,3,6,12-13H2,1-2H3. The van der Waals surface area contributed by atoms with Crippen LogP contribution in [0.4, 0.5) is 0 Å². The van der Waals surface area contributed by atoms with Gasteiger partial charge in [0.2, 0.25) is 0 Å². The number of hydrogen-bond donors (Lipinski definition) is 2. The van der Waals surface area contributed by atoms with Crippen LogP contribution in [0.2, 0.25) is 0 Å². The second-order valence-electron chi connectivity index (χ2n) is 3.84. The van der Waals surface area contributed by atoms with Gasteiger partial charge in [0.05, 0.1) is 12.6 Å². The molecule has 88 valence electrons. The Labute approximate surface area is 95.3 Å². The highest BCUT2D eigenvalue weighted by molar-refractivity contribution is 5.98. The Morgan fingerprint density at radius 2 is 2.25 bits per heavy atom. The maximum atomic E-state index is 12.0. The van der Waals surface area contributed by atoms with Crippen molar-refractivity contribution < 1.29 is 4.79 Å². The van der Waals surface area contributed by atoms with E-state index in [1.54, 1.807) is 6.07 Å². The number of carbonyl (C=O) groups excluding carboxylic acids is 1. The number of hydrogen-bond acceptors (Lipinski definition) is 5. The first-order chi connectivity index (χ1) is 7.60. The first-order valence-electron chi connectivity index (χ1n) is 5.42. The van der Waals surface area contributed by atoms with Crippen molar-refractivity contribution in [3.05, 3.63) is 23.8 Å². The first-order valence-corrected chi connectivity index (χ1v) is 5.42. The third-order valence-corrected chi connectivity index (χ3v) is 2.70. The number of ketones is 1. The molecule has 0 aliphatic rings. The largest absolute Gasteiger partial charge is 0.324 e. The molecule has 1 aromatic heterocycles. The molecule has 1 heterocycles. The number of Topliss-reactive ketones (excluding diaryl/α,β-unsaturated/α-hetero) is 1. The smallest absolute Gasteiger partial charge is 0.198 e. The number of aromatic nitrogens is 2. The lowest BCUT2D eigenvalue weighted by molar-refractivity contribution is 0.0929. The van der Waals surface area contributed by atoms with E-state index in [1.807, 2.05) is 13.8 Å². The van der Waals surface area contributed by atoms with Gasteiger partial charge in [-0.05, 0) is 12.0 Å². The molecule has 1 rings (SSSR count). The van der Waals surface area contributed by atoms with Crippen molar-refractivity contribution in [1.82, 2.24) is 9.97 Å². The van der Waals surface area contributed by atoms with Crippen molar-refractivity contribution in [2.24, 2.45) is 17.4 Å². The number of carbonyl (C=O) groups is 1. The maximum absolute atomic E-state index is 12.0. The molecule has 5 nitrogen and oxygen atoms in total. The fraction of sp³-hybridized carbons (Fsp3) is 0.545. The summed E-state index contributed by atoms with van der Waals surface area (Å²) in [6.07, 6.45) is 2.40. The topological polar surface area (TPSA) is 94.9 Å². The zero-order valence-electron chi connectivity index (χ0n) is 9.68. The maximum Gasteiger partial charge on any atom is 0.198 e. The molecule has 0 bridgehead atoms. The molecule has 0 aliphatic heterocycles. The zero-order chi connectivity index (χ0) is 12.1. The molecular formula is C11H18N4O. The summed E-state index contributed by atoms with van der Waals surface area (Å²) in [5.74, 6) is 0.456. The van der Waals surface area contributed by atoms with Crippen LogP contribution in [-0.4, -0.2) is 21.8 Å².